The molecule has 17 heavy (non-hydrogen) atoms. The Balaban J connectivity index is 2.59. The quantitative estimate of drug-likeness (QED) is 0.878. The third-order valence-electron chi connectivity index (χ3n) is 3.06. The molecule has 0 bridgehead atoms. The molecule has 0 spiro atoms. The Bertz CT molecular complexity index is 534. The average molecular weight is 253 g/mol. The fourth-order valence-corrected chi connectivity index (χ4v) is 2.41. The van der Waals surface area contributed by atoms with Crippen molar-refractivity contribution in [3.8, 4) is 5.75 Å². The van der Waals surface area contributed by atoms with Crippen molar-refractivity contribution in [3.63, 3.8) is 0 Å². The molecule has 0 radical (unpaired) electrons. The zero-order valence-corrected chi connectivity index (χ0v) is 11.1. The van der Waals surface area contributed by atoms with E-state index in [9.17, 15) is 0 Å². The van der Waals surface area contributed by atoms with Crippen LogP contribution in [0.3, 0.4) is 0 Å². The number of benzene rings is 1. The number of H-pyrrole nitrogens is 1. The van der Waals surface area contributed by atoms with Crippen LogP contribution in [0.25, 0.3) is 10.9 Å². The first-order valence-corrected chi connectivity index (χ1v) is 6.05. The molecule has 3 nitrogen and oxygen atoms in total. The molecule has 1 aromatic heterocycles. The van der Waals surface area contributed by atoms with Crippen molar-refractivity contribution in [1.29, 1.82) is 0 Å². The smallest absolute Gasteiger partial charge is 0.143 e. The molecule has 4 heteroatoms. The number of aryl methyl sites for hydroxylation is 1. The highest BCUT2D eigenvalue weighted by Crippen LogP contribution is 2.34. The van der Waals surface area contributed by atoms with Gasteiger partial charge >= 0.3 is 0 Å². The molecule has 0 aliphatic carbocycles. The highest BCUT2D eigenvalue weighted by Gasteiger charge is 2.13. The third kappa shape index (κ3) is 2.13. The highest BCUT2D eigenvalue weighted by atomic mass is 35.5. The molecule has 1 heterocycles. The standard InChI is InChI=1S/C13H17ClN2O/c1-8-10(6-7-15-2)16-13-11(17-3)5-4-9(14)12(8)13/h4-5,15-16H,6-7H2,1-3H3. The lowest BCUT2D eigenvalue weighted by atomic mass is 10.1. The summed E-state index contributed by atoms with van der Waals surface area (Å²) in [6, 6.07) is 3.77. The number of likely N-dealkylation sites (N-methyl/N-ethyl adjacent to an activating group) is 1. The van der Waals surface area contributed by atoms with Gasteiger partial charge in [-0.05, 0) is 31.7 Å². The van der Waals surface area contributed by atoms with Crippen molar-refractivity contribution in [2.24, 2.45) is 0 Å². The topological polar surface area (TPSA) is 37.0 Å². The lowest BCUT2D eigenvalue weighted by Crippen LogP contribution is -2.10. The minimum Gasteiger partial charge on any atom is -0.495 e. The van der Waals surface area contributed by atoms with E-state index in [0.717, 1.165) is 34.6 Å². The van der Waals surface area contributed by atoms with Crippen molar-refractivity contribution in [2.75, 3.05) is 20.7 Å². The van der Waals surface area contributed by atoms with Crippen LogP contribution in [0.5, 0.6) is 5.75 Å². The van der Waals surface area contributed by atoms with Gasteiger partial charge in [0.2, 0.25) is 0 Å². The van der Waals surface area contributed by atoms with Crippen molar-refractivity contribution >= 4 is 22.5 Å². The van der Waals surface area contributed by atoms with E-state index in [4.69, 9.17) is 16.3 Å². The lowest BCUT2D eigenvalue weighted by molar-refractivity contribution is 0.419. The van der Waals surface area contributed by atoms with Crippen molar-refractivity contribution in [2.45, 2.75) is 13.3 Å². The van der Waals surface area contributed by atoms with E-state index < -0.39 is 0 Å². The van der Waals surface area contributed by atoms with Gasteiger partial charge in [-0.1, -0.05) is 11.6 Å². The largest absolute Gasteiger partial charge is 0.495 e. The van der Waals surface area contributed by atoms with Crippen LogP contribution < -0.4 is 10.1 Å². The molecule has 0 atom stereocenters. The average Bonchev–Trinajstić information content (AvgIpc) is 2.66. The van der Waals surface area contributed by atoms with E-state index in [1.807, 2.05) is 19.2 Å². The number of rotatable bonds is 4. The number of aromatic amines is 1. The number of methoxy groups -OCH3 is 1. The van der Waals surface area contributed by atoms with E-state index >= 15 is 0 Å². The summed E-state index contributed by atoms with van der Waals surface area (Å²) < 4.78 is 5.35. The molecule has 0 unspecified atom stereocenters. The summed E-state index contributed by atoms with van der Waals surface area (Å²) >= 11 is 6.25. The summed E-state index contributed by atoms with van der Waals surface area (Å²) in [5.74, 6) is 0.836. The van der Waals surface area contributed by atoms with Gasteiger partial charge in [-0.25, -0.2) is 0 Å². The first-order valence-electron chi connectivity index (χ1n) is 5.67. The van der Waals surface area contributed by atoms with Crippen LogP contribution in [0.15, 0.2) is 12.1 Å². The molecular weight excluding hydrogens is 236 g/mol. The summed E-state index contributed by atoms with van der Waals surface area (Å²) in [7, 11) is 3.62. The predicted molar refractivity (Wildman–Crippen MR) is 72.2 cm³/mol. The van der Waals surface area contributed by atoms with Crippen LogP contribution >= 0.6 is 11.6 Å². The van der Waals surface area contributed by atoms with Crippen LogP contribution in [0.2, 0.25) is 5.02 Å². The molecule has 0 fully saturated rings. The molecule has 2 N–H and O–H groups in total. The van der Waals surface area contributed by atoms with Crippen LogP contribution in [0, 0.1) is 6.92 Å². The number of hydrogen-bond donors (Lipinski definition) is 2. The van der Waals surface area contributed by atoms with Gasteiger partial charge in [-0.2, -0.15) is 0 Å². The third-order valence-corrected chi connectivity index (χ3v) is 3.38. The van der Waals surface area contributed by atoms with Gasteiger partial charge in [-0.15, -0.1) is 0 Å². The summed E-state index contributed by atoms with van der Waals surface area (Å²) in [6.45, 7) is 3.03. The number of aromatic nitrogens is 1. The van der Waals surface area contributed by atoms with Crippen LogP contribution in [0.1, 0.15) is 11.3 Å². The summed E-state index contributed by atoms with van der Waals surface area (Å²) in [4.78, 5) is 3.41. The lowest BCUT2D eigenvalue weighted by Gasteiger charge is -2.02. The van der Waals surface area contributed by atoms with E-state index in [2.05, 4.69) is 17.2 Å². The van der Waals surface area contributed by atoms with E-state index in [1.54, 1.807) is 7.11 Å². The SMILES string of the molecule is CNCCc1[nH]c2c(OC)ccc(Cl)c2c1C. The Morgan fingerprint density at radius 2 is 2.18 bits per heavy atom. The maximum absolute atomic E-state index is 6.25. The zero-order valence-electron chi connectivity index (χ0n) is 10.4. The van der Waals surface area contributed by atoms with Gasteiger partial charge in [-0.3, -0.25) is 0 Å². The normalized spacial score (nSPS) is 11.1. The Morgan fingerprint density at radius 3 is 2.82 bits per heavy atom. The molecule has 2 aromatic rings. The predicted octanol–water partition coefficient (Wildman–Crippen LogP) is 2.90. The van der Waals surface area contributed by atoms with E-state index in [1.165, 1.54) is 11.3 Å². The monoisotopic (exact) mass is 252 g/mol. The Hall–Kier alpha value is -1.19. The zero-order chi connectivity index (χ0) is 12.4. The maximum atomic E-state index is 6.25. The molecule has 2 rings (SSSR count). The highest BCUT2D eigenvalue weighted by molar-refractivity contribution is 6.36. The second-order valence-corrected chi connectivity index (χ2v) is 4.49. The van der Waals surface area contributed by atoms with Crippen molar-refractivity contribution in [3.05, 3.63) is 28.4 Å². The molecule has 0 amide bonds. The Labute approximate surface area is 106 Å². The van der Waals surface area contributed by atoms with Gasteiger partial charge in [0.15, 0.2) is 0 Å². The molecule has 0 aliphatic heterocycles. The maximum Gasteiger partial charge on any atom is 0.143 e. The van der Waals surface area contributed by atoms with Crippen LogP contribution in [-0.4, -0.2) is 25.7 Å². The molecule has 0 aliphatic rings. The Morgan fingerprint density at radius 1 is 1.41 bits per heavy atom. The van der Waals surface area contributed by atoms with Gasteiger partial charge in [0.25, 0.3) is 0 Å². The second kappa shape index (κ2) is 4.98. The van der Waals surface area contributed by atoms with Gasteiger partial charge in [0.1, 0.15) is 5.75 Å². The van der Waals surface area contributed by atoms with E-state index in [0.29, 0.717) is 0 Å². The van der Waals surface area contributed by atoms with Crippen LogP contribution in [-0.2, 0) is 6.42 Å². The van der Waals surface area contributed by atoms with Gasteiger partial charge < -0.3 is 15.0 Å². The van der Waals surface area contributed by atoms with Crippen molar-refractivity contribution in [1.82, 2.24) is 10.3 Å². The molecule has 92 valence electrons. The summed E-state index contributed by atoms with van der Waals surface area (Å²) in [6.07, 6.45) is 0.955. The molecule has 0 saturated heterocycles. The molecule has 1 aromatic carbocycles. The van der Waals surface area contributed by atoms with Crippen LogP contribution in [0.4, 0.5) is 0 Å². The van der Waals surface area contributed by atoms with Gasteiger partial charge in [0.05, 0.1) is 17.6 Å². The fourth-order valence-electron chi connectivity index (χ4n) is 2.11. The summed E-state index contributed by atoms with van der Waals surface area (Å²) in [5, 5.41) is 4.98. The van der Waals surface area contributed by atoms with E-state index in [-0.39, 0.29) is 0 Å². The number of ether oxygens (including phenoxy) is 1. The second-order valence-electron chi connectivity index (χ2n) is 4.08. The fraction of sp³-hybridized carbons (Fsp3) is 0.385. The first-order chi connectivity index (χ1) is 8.19. The van der Waals surface area contributed by atoms with Crippen molar-refractivity contribution < 1.29 is 4.74 Å². The molecular formula is C13H17ClN2O. The minimum absolute atomic E-state index is 0.769. The Kier molecular flexibility index (Phi) is 3.60. The number of halogens is 1. The first kappa shape index (κ1) is 12.3. The number of fused-ring (bicyclic) bond motifs is 1. The summed E-state index contributed by atoms with van der Waals surface area (Å²) in [5.41, 5.74) is 3.41. The number of hydrogen-bond acceptors (Lipinski definition) is 2. The molecule has 0 saturated carbocycles. The minimum atomic E-state index is 0.769. The van der Waals surface area contributed by atoms with Gasteiger partial charge in [0, 0.05) is 24.0 Å². The number of nitrogens with one attached hydrogen (secondary N) is 2.